The lowest BCUT2D eigenvalue weighted by atomic mass is 9.86. The Labute approximate surface area is 218 Å². The third-order valence-electron chi connectivity index (χ3n) is 7.39. The molecule has 2 aromatic carbocycles. The molecule has 3 heterocycles. The second-order valence-electron chi connectivity index (χ2n) is 11.0. The van der Waals surface area contributed by atoms with E-state index >= 15 is 0 Å². The Morgan fingerprint density at radius 2 is 1.54 bits per heavy atom. The molecule has 5 rings (SSSR count). The number of likely N-dealkylation sites (tertiary alicyclic amines) is 1. The Kier molecular flexibility index (Phi) is 6.93. The van der Waals surface area contributed by atoms with Crippen molar-refractivity contribution in [3.63, 3.8) is 0 Å². The van der Waals surface area contributed by atoms with Crippen LogP contribution in [0.3, 0.4) is 0 Å². The molecule has 0 radical (unpaired) electrons. The lowest BCUT2D eigenvalue weighted by molar-refractivity contribution is 0.0704. The van der Waals surface area contributed by atoms with Gasteiger partial charge in [-0.05, 0) is 73.1 Å². The van der Waals surface area contributed by atoms with Crippen molar-refractivity contribution < 1.29 is 17.7 Å². The number of sulfonamides is 1. The Morgan fingerprint density at radius 3 is 2.14 bits per heavy atom. The van der Waals surface area contributed by atoms with Crippen LogP contribution in [0.25, 0.3) is 11.4 Å². The van der Waals surface area contributed by atoms with Gasteiger partial charge >= 0.3 is 0 Å². The Hall–Kier alpha value is -3.04. The fourth-order valence-electron chi connectivity index (χ4n) is 5.00. The van der Waals surface area contributed by atoms with E-state index in [4.69, 9.17) is 4.52 Å². The van der Waals surface area contributed by atoms with Crippen LogP contribution in [0.2, 0.25) is 0 Å². The van der Waals surface area contributed by atoms with Gasteiger partial charge in [-0.2, -0.15) is 9.29 Å². The zero-order valence-electron chi connectivity index (χ0n) is 21.7. The Bertz CT molecular complexity index is 1340. The molecule has 0 spiro atoms. The third kappa shape index (κ3) is 5.33. The first-order chi connectivity index (χ1) is 17.6. The minimum atomic E-state index is -3.45. The van der Waals surface area contributed by atoms with Crippen molar-refractivity contribution in [2.45, 2.75) is 62.7 Å². The van der Waals surface area contributed by atoms with Crippen molar-refractivity contribution in [1.82, 2.24) is 19.3 Å². The number of amides is 1. The van der Waals surface area contributed by atoms with E-state index < -0.39 is 10.0 Å². The lowest BCUT2D eigenvalue weighted by Gasteiger charge is -2.30. The average molecular weight is 523 g/mol. The molecule has 37 heavy (non-hydrogen) atoms. The molecule has 0 unspecified atom stereocenters. The maximum atomic E-state index is 13.0. The normalized spacial score (nSPS) is 17.9. The average Bonchev–Trinajstić information content (AvgIpc) is 3.62. The summed E-state index contributed by atoms with van der Waals surface area (Å²) in [7, 11) is -3.45. The largest absolute Gasteiger partial charge is 0.339 e. The maximum absolute atomic E-state index is 13.0. The van der Waals surface area contributed by atoms with Gasteiger partial charge in [0.25, 0.3) is 5.91 Å². The molecule has 1 amide bonds. The Balaban J connectivity index is 1.20. The summed E-state index contributed by atoms with van der Waals surface area (Å²) in [5.41, 5.74) is 2.68. The van der Waals surface area contributed by atoms with Crippen LogP contribution in [-0.4, -0.2) is 59.8 Å². The summed E-state index contributed by atoms with van der Waals surface area (Å²) in [6.07, 6.45) is 3.31. The van der Waals surface area contributed by atoms with Gasteiger partial charge in [-0.3, -0.25) is 4.79 Å². The van der Waals surface area contributed by atoms with Crippen LogP contribution in [0, 0.1) is 0 Å². The van der Waals surface area contributed by atoms with Gasteiger partial charge in [0.1, 0.15) is 0 Å². The van der Waals surface area contributed by atoms with E-state index in [2.05, 4.69) is 30.9 Å². The molecule has 0 bridgehead atoms. The van der Waals surface area contributed by atoms with E-state index in [9.17, 15) is 13.2 Å². The first kappa shape index (κ1) is 25.6. The number of rotatable bonds is 5. The molecule has 8 nitrogen and oxygen atoms in total. The van der Waals surface area contributed by atoms with E-state index in [1.165, 1.54) is 9.87 Å². The van der Waals surface area contributed by atoms with Crippen molar-refractivity contribution in [2.24, 2.45) is 0 Å². The second-order valence-corrected chi connectivity index (χ2v) is 12.9. The highest BCUT2D eigenvalue weighted by atomic mass is 32.2. The van der Waals surface area contributed by atoms with Crippen molar-refractivity contribution in [1.29, 1.82) is 0 Å². The zero-order valence-corrected chi connectivity index (χ0v) is 22.5. The highest BCUT2D eigenvalue weighted by molar-refractivity contribution is 7.89. The van der Waals surface area contributed by atoms with Gasteiger partial charge < -0.3 is 9.42 Å². The molecule has 0 N–H and O–H groups in total. The molecule has 0 saturated carbocycles. The Morgan fingerprint density at radius 1 is 0.919 bits per heavy atom. The van der Waals surface area contributed by atoms with Gasteiger partial charge in [-0.1, -0.05) is 38.1 Å². The molecule has 2 aliphatic rings. The molecule has 9 heteroatoms. The van der Waals surface area contributed by atoms with Crippen molar-refractivity contribution >= 4 is 15.9 Å². The van der Waals surface area contributed by atoms with Gasteiger partial charge in [-0.25, -0.2) is 8.42 Å². The highest BCUT2D eigenvalue weighted by Gasteiger charge is 2.29. The standard InChI is InChI=1S/C28H34N4O4S/c1-28(2,3)23-10-6-22(7-11-23)27(33)31-18-14-21(15-19-31)26-29-25(30-36-26)20-8-12-24(13-9-20)37(34,35)32-16-4-5-17-32/h6-13,21H,4-5,14-19H2,1-3H3. The van der Waals surface area contributed by atoms with E-state index in [-0.39, 0.29) is 22.1 Å². The van der Waals surface area contributed by atoms with Crippen LogP contribution in [0.4, 0.5) is 0 Å². The van der Waals surface area contributed by atoms with E-state index in [1.807, 2.05) is 29.2 Å². The second kappa shape index (κ2) is 10.0. The summed E-state index contributed by atoms with van der Waals surface area (Å²) in [6, 6.07) is 14.6. The number of benzene rings is 2. The van der Waals surface area contributed by atoms with E-state index in [0.29, 0.717) is 49.0 Å². The zero-order chi connectivity index (χ0) is 26.2. The van der Waals surface area contributed by atoms with Crippen LogP contribution in [0.15, 0.2) is 57.9 Å². The smallest absolute Gasteiger partial charge is 0.253 e. The van der Waals surface area contributed by atoms with E-state index in [0.717, 1.165) is 25.7 Å². The number of aromatic nitrogens is 2. The number of carbonyl (C=O) groups excluding carboxylic acids is 1. The summed E-state index contributed by atoms with van der Waals surface area (Å²) >= 11 is 0. The molecule has 1 aromatic heterocycles. The van der Waals surface area contributed by atoms with Crippen LogP contribution < -0.4 is 0 Å². The minimum Gasteiger partial charge on any atom is -0.339 e. The summed E-state index contributed by atoms with van der Waals surface area (Å²) < 4.78 is 32.6. The summed E-state index contributed by atoms with van der Waals surface area (Å²) in [4.78, 5) is 19.8. The van der Waals surface area contributed by atoms with Crippen LogP contribution in [0.5, 0.6) is 0 Å². The predicted octanol–water partition coefficient (Wildman–Crippen LogP) is 4.84. The minimum absolute atomic E-state index is 0.0501. The SMILES string of the molecule is CC(C)(C)c1ccc(C(=O)N2CCC(c3nc(-c4ccc(S(=O)(=O)N5CCCC5)cc4)no3)CC2)cc1. The van der Waals surface area contributed by atoms with Gasteiger partial charge in [0.05, 0.1) is 4.90 Å². The van der Waals surface area contributed by atoms with Crippen molar-refractivity contribution in [2.75, 3.05) is 26.2 Å². The quantitative estimate of drug-likeness (QED) is 0.476. The van der Waals surface area contributed by atoms with E-state index in [1.54, 1.807) is 24.3 Å². The highest BCUT2D eigenvalue weighted by Crippen LogP contribution is 2.30. The molecule has 196 valence electrons. The molecule has 2 saturated heterocycles. The summed E-state index contributed by atoms with van der Waals surface area (Å²) in [6.45, 7) is 8.89. The first-order valence-electron chi connectivity index (χ1n) is 13.0. The summed E-state index contributed by atoms with van der Waals surface area (Å²) in [5, 5.41) is 4.13. The lowest BCUT2D eigenvalue weighted by Crippen LogP contribution is -2.38. The van der Waals surface area contributed by atoms with Gasteiger partial charge in [-0.15, -0.1) is 0 Å². The van der Waals surface area contributed by atoms with Crippen LogP contribution in [0.1, 0.15) is 74.2 Å². The van der Waals surface area contributed by atoms with Gasteiger partial charge in [0, 0.05) is 43.2 Å². The fourth-order valence-corrected chi connectivity index (χ4v) is 6.51. The first-order valence-corrected chi connectivity index (χ1v) is 14.4. The summed E-state index contributed by atoms with van der Waals surface area (Å²) in [5.74, 6) is 1.14. The maximum Gasteiger partial charge on any atom is 0.253 e. The fraction of sp³-hybridized carbons (Fsp3) is 0.464. The van der Waals surface area contributed by atoms with Gasteiger partial charge in [0.15, 0.2) is 0 Å². The van der Waals surface area contributed by atoms with Crippen molar-refractivity contribution in [3.05, 3.63) is 65.5 Å². The van der Waals surface area contributed by atoms with Crippen LogP contribution >= 0.6 is 0 Å². The van der Waals surface area contributed by atoms with Crippen LogP contribution in [-0.2, 0) is 15.4 Å². The molecule has 3 aromatic rings. The number of piperidine rings is 1. The third-order valence-corrected chi connectivity index (χ3v) is 9.30. The molecule has 0 atom stereocenters. The number of nitrogens with zero attached hydrogens (tertiary/aromatic N) is 4. The molecule has 2 fully saturated rings. The predicted molar refractivity (Wildman–Crippen MR) is 141 cm³/mol. The number of hydrogen-bond acceptors (Lipinski definition) is 6. The molecular formula is C28H34N4O4S. The monoisotopic (exact) mass is 522 g/mol. The molecule has 0 aliphatic carbocycles. The topological polar surface area (TPSA) is 96.6 Å². The van der Waals surface area contributed by atoms with Crippen molar-refractivity contribution in [3.8, 4) is 11.4 Å². The molecule has 2 aliphatic heterocycles. The van der Waals surface area contributed by atoms with Gasteiger partial charge in [0.2, 0.25) is 21.7 Å². The number of hydrogen-bond donors (Lipinski definition) is 0. The number of carbonyl (C=O) groups is 1. The molecular weight excluding hydrogens is 488 g/mol.